The molecule has 0 aliphatic heterocycles. The maximum Gasteiger partial charge on any atom is 1.00 e. The van der Waals surface area contributed by atoms with Crippen LogP contribution in [0.2, 0.25) is 0 Å². The van der Waals surface area contributed by atoms with Crippen molar-refractivity contribution in [2.24, 2.45) is 0 Å². The van der Waals surface area contributed by atoms with Gasteiger partial charge in [-0.05, 0) is 30.3 Å². The van der Waals surface area contributed by atoms with Gasteiger partial charge in [0.1, 0.15) is 0 Å². The molecule has 1 rings (SSSR count). The SMILES string of the molecule is Cc1ccccc1CNC(=S)NC#N.[H-].[Na+]. The Bertz CT molecular complexity index is 379. The van der Waals surface area contributed by atoms with Crippen molar-refractivity contribution in [1.29, 1.82) is 5.26 Å². The standard InChI is InChI=1S/C10H11N3S.Na.H/c1-8-4-2-3-5-9(8)6-12-10(14)13-7-11;;/h2-5H,6H2,1H3,(H2,12,13,14);;/q;+1;-1. The molecule has 0 saturated heterocycles. The van der Waals surface area contributed by atoms with E-state index in [4.69, 9.17) is 17.5 Å². The minimum Gasteiger partial charge on any atom is -1.00 e. The maximum atomic E-state index is 8.30. The van der Waals surface area contributed by atoms with Crippen LogP contribution in [0.5, 0.6) is 0 Å². The van der Waals surface area contributed by atoms with Crippen LogP contribution in [0.1, 0.15) is 12.6 Å². The summed E-state index contributed by atoms with van der Waals surface area (Å²) < 4.78 is 0. The van der Waals surface area contributed by atoms with Crippen LogP contribution >= 0.6 is 12.2 Å². The van der Waals surface area contributed by atoms with E-state index < -0.39 is 0 Å². The molecule has 0 spiro atoms. The Morgan fingerprint density at radius 3 is 2.80 bits per heavy atom. The fourth-order valence-corrected chi connectivity index (χ4v) is 1.20. The van der Waals surface area contributed by atoms with Gasteiger partial charge in [-0.2, -0.15) is 5.26 Å². The van der Waals surface area contributed by atoms with Crippen LogP contribution in [0.3, 0.4) is 0 Å². The molecule has 0 unspecified atom stereocenters. The molecule has 5 heteroatoms. The number of thiocarbonyl (C=S) groups is 1. The molecule has 0 heterocycles. The van der Waals surface area contributed by atoms with Crippen LogP contribution in [0.4, 0.5) is 0 Å². The summed E-state index contributed by atoms with van der Waals surface area (Å²) in [6.07, 6.45) is 1.76. The third-order valence-corrected chi connectivity index (χ3v) is 2.12. The van der Waals surface area contributed by atoms with Gasteiger partial charge in [0, 0.05) is 6.54 Å². The topological polar surface area (TPSA) is 47.8 Å². The number of hydrogen-bond donors (Lipinski definition) is 2. The molecule has 0 fully saturated rings. The molecule has 0 radical (unpaired) electrons. The van der Waals surface area contributed by atoms with Crippen LogP contribution in [0.25, 0.3) is 0 Å². The number of hydrogen-bond acceptors (Lipinski definition) is 2. The minimum absolute atomic E-state index is 0. The number of nitriles is 1. The van der Waals surface area contributed by atoms with Crippen LogP contribution in [0.15, 0.2) is 24.3 Å². The Kier molecular flexibility index (Phi) is 7.35. The first-order valence-corrected chi connectivity index (χ1v) is 4.62. The third kappa shape index (κ3) is 5.14. The first-order chi connectivity index (χ1) is 6.74. The predicted molar refractivity (Wildman–Crippen MR) is 60.5 cm³/mol. The van der Waals surface area contributed by atoms with Crippen molar-refractivity contribution < 1.29 is 31.0 Å². The molecule has 3 nitrogen and oxygen atoms in total. The van der Waals surface area contributed by atoms with Crippen molar-refractivity contribution in [2.75, 3.05) is 0 Å². The Morgan fingerprint density at radius 2 is 2.20 bits per heavy atom. The average molecular weight is 229 g/mol. The van der Waals surface area contributed by atoms with Crippen molar-refractivity contribution >= 4 is 17.3 Å². The van der Waals surface area contributed by atoms with Gasteiger partial charge in [-0.3, -0.25) is 5.32 Å². The Morgan fingerprint density at radius 1 is 1.53 bits per heavy atom. The maximum absolute atomic E-state index is 8.30. The van der Waals surface area contributed by atoms with E-state index in [1.807, 2.05) is 31.2 Å². The van der Waals surface area contributed by atoms with Gasteiger partial charge in [0.25, 0.3) is 0 Å². The number of nitrogens with one attached hydrogen (secondary N) is 2. The van der Waals surface area contributed by atoms with Crippen molar-refractivity contribution in [3.05, 3.63) is 35.4 Å². The van der Waals surface area contributed by atoms with Crippen molar-refractivity contribution in [3.63, 3.8) is 0 Å². The Hall–Kier alpha value is -0.600. The van der Waals surface area contributed by atoms with Gasteiger partial charge in [0.15, 0.2) is 11.3 Å². The first-order valence-electron chi connectivity index (χ1n) is 4.21. The predicted octanol–water partition coefficient (Wildman–Crippen LogP) is -1.44. The fourth-order valence-electron chi connectivity index (χ4n) is 1.08. The second-order valence-corrected chi connectivity index (χ2v) is 3.25. The normalized spacial score (nSPS) is 8.27. The summed E-state index contributed by atoms with van der Waals surface area (Å²) in [4.78, 5) is 0. The molecular formula is C10H12N3NaS. The summed E-state index contributed by atoms with van der Waals surface area (Å²) in [7, 11) is 0. The Labute approximate surface area is 119 Å². The van der Waals surface area contributed by atoms with Gasteiger partial charge in [-0.25, -0.2) is 0 Å². The van der Waals surface area contributed by atoms with Crippen LogP contribution in [-0.4, -0.2) is 5.11 Å². The molecule has 1 aromatic carbocycles. The van der Waals surface area contributed by atoms with Crippen LogP contribution in [-0.2, 0) is 6.54 Å². The van der Waals surface area contributed by atoms with Crippen molar-refractivity contribution in [1.82, 2.24) is 10.6 Å². The smallest absolute Gasteiger partial charge is 1.00 e. The molecule has 0 aliphatic rings. The molecule has 15 heavy (non-hydrogen) atoms. The van der Waals surface area contributed by atoms with Gasteiger partial charge in [0.2, 0.25) is 0 Å². The van der Waals surface area contributed by atoms with Gasteiger partial charge in [-0.1, -0.05) is 24.3 Å². The van der Waals surface area contributed by atoms with E-state index >= 15 is 0 Å². The second-order valence-electron chi connectivity index (χ2n) is 2.85. The molecule has 74 valence electrons. The number of benzene rings is 1. The molecule has 0 atom stereocenters. The zero-order valence-electron chi connectivity index (χ0n) is 9.87. The number of nitrogens with zero attached hydrogens (tertiary/aromatic N) is 1. The number of aryl methyl sites for hydroxylation is 1. The van der Waals surface area contributed by atoms with E-state index in [0.29, 0.717) is 11.7 Å². The van der Waals surface area contributed by atoms with Crippen molar-refractivity contribution in [2.45, 2.75) is 13.5 Å². The summed E-state index contributed by atoms with van der Waals surface area (Å²) in [6.45, 7) is 2.68. The number of rotatable bonds is 2. The van der Waals surface area contributed by atoms with Gasteiger partial charge < -0.3 is 6.74 Å². The largest absolute Gasteiger partial charge is 1.00 e. The molecular weight excluding hydrogens is 217 g/mol. The minimum atomic E-state index is 0. The van der Waals surface area contributed by atoms with Gasteiger partial charge >= 0.3 is 29.6 Å². The molecule has 1 aromatic rings. The first kappa shape index (κ1) is 14.4. The molecule has 0 aliphatic carbocycles. The molecule has 0 amide bonds. The quantitative estimate of drug-likeness (QED) is 0.282. The van der Waals surface area contributed by atoms with Gasteiger partial charge in [-0.15, -0.1) is 0 Å². The van der Waals surface area contributed by atoms with Crippen LogP contribution < -0.4 is 40.2 Å². The monoisotopic (exact) mass is 229 g/mol. The molecule has 0 aromatic heterocycles. The van der Waals surface area contributed by atoms with Gasteiger partial charge in [0.05, 0.1) is 0 Å². The van der Waals surface area contributed by atoms with E-state index in [9.17, 15) is 0 Å². The molecule has 0 saturated carbocycles. The summed E-state index contributed by atoms with van der Waals surface area (Å²) in [6, 6.07) is 8.03. The summed E-state index contributed by atoms with van der Waals surface area (Å²) in [5.74, 6) is 0. The third-order valence-electron chi connectivity index (χ3n) is 1.87. The Balaban J connectivity index is 0. The summed E-state index contributed by atoms with van der Waals surface area (Å²) in [5.41, 5.74) is 2.38. The van der Waals surface area contributed by atoms with E-state index in [-0.39, 0.29) is 31.0 Å². The van der Waals surface area contributed by atoms with E-state index in [2.05, 4.69) is 10.6 Å². The van der Waals surface area contributed by atoms with E-state index in [1.54, 1.807) is 6.19 Å². The van der Waals surface area contributed by atoms with E-state index in [1.165, 1.54) is 11.1 Å². The zero-order valence-corrected chi connectivity index (χ0v) is 11.7. The second kappa shape index (κ2) is 7.66. The average Bonchev–Trinajstić information content (AvgIpc) is 2.17. The van der Waals surface area contributed by atoms with Crippen LogP contribution in [0, 0.1) is 18.4 Å². The van der Waals surface area contributed by atoms with E-state index in [0.717, 1.165) is 0 Å². The zero-order chi connectivity index (χ0) is 10.4. The molecule has 2 N–H and O–H groups in total. The summed E-state index contributed by atoms with van der Waals surface area (Å²) >= 11 is 4.85. The molecule has 0 bridgehead atoms. The fraction of sp³-hybridized carbons (Fsp3) is 0.200. The summed E-state index contributed by atoms with van der Waals surface area (Å²) in [5, 5.41) is 14.0. The van der Waals surface area contributed by atoms with Crippen molar-refractivity contribution in [3.8, 4) is 6.19 Å².